The van der Waals surface area contributed by atoms with Crippen molar-refractivity contribution < 1.29 is 46.6 Å². The topological polar surface area (TPSA) is 203 Å². The minimum absolute atomic E-state index is 0.0269. The molecule has 0 radical (unpaired) electrons. The second-order valence-corrected chi connectivity index (χ2v) is 16.9. The van der Waals surface area contributed by atoms with E-state index >= 15 is 0 Å². The number of amides is 5. The van der Waals surface area contributed by atoms with Crippen LogP contribution in [-0.4, -0.2) is 114 Å². The van der Waals surface area contributed by atoms with Crippen LogP contribution in [0.1, 0.15) is 59.3 Å². The molecule has 1 aromatic heterocycles. The molecule has 3 heterocycles. The first kappa shape index (κ1) is 37.8. The Morgan fingerprint density at radius 3 is 2.55 bits per heavy atom. The van der Waals surface area contributed by atoms with Gasteiger partial charge >= 0.3 is 12.2 Å². The summed E-state index contributed by atoms with van der Waals surface area (Å²) in [7, 11) is -2.73. The molecular weight excluding hydrogens is 708 g/mol. The van der Waals surface area contributed by atoms with Gasteiger partial charge in [0.1, 0.15) is 29.3 Å². The molecule has 4 aliphatic rings. The maximum Gasteiger partial charge on any atom is 0.409 e. The van der Waals surface area contributed by atoms with Crippen LogP contribution >= 0.6 is 0 Å². The van der Waals surface area contributed by atoms with Gasteiger partial charge in [0.25, 0.3) is 5.91 Å². The number of allylic oxidation sites excluding steroid dienone is 1. The number of rotatable bonds is 6. The monoisotopic (exact) mass is 754 g/mol. The molecule has 5 amide bonds. The zero-order chi connectivity index (χ0) is 38.1. The normalized spacial score (nSPS) is 26.6. The quantitative estimate of drug-likeness (QED) is 0.366. The highest BCUT2D eigenvalue weighted by molar-refractivity contribution is 7.91. The predicted octanol–water partition coefficient (Wildman–Crippen LogP) is 2.38. The molecule has 0 spiro atoms. The van der Waals surface area contributed by atoms with Gasteiger partial charge in [-0.3, -0.25) is 19.1 Å². The summed E-state index contributed by atoms with van der Waals surface area (Å²) in [5.41, 5.74) is -2.49. The molecule has 2 aromatic rings. The lowest BCUT2D eigenvalue weighted by Gasteiger charge is -2.32. The van der Waals surface area contributed by atoms with Gasteiger partial charge < -0.3 is 34.6 Å². The summed E-state index contributed by atoms with van der Waals surface area (Å²) < 4.78 is 44.6. The Hall–Kier alpha value is -4.93. The van der Waals surface area contributed by atoms with Gasteiger partial charge in [-0.1, -0.05) is 30.4 Å². The highest BCUT2D eigenvalue weighted by Crippen LogP contribution is 2.46. The fourth-order valence-corrected chi connectivity index (χ4v) is 8.15. The lowest BCUT2D eigenvalue weighted by atomic mass is 10.1. The highest BCUT2D eigenvalue weighted by Gasteiger charge is 2.62. The zero-order valence-electron chi connectivity index (χ0n) is 30.2. The number of nitrogens with zero attached hydrogens (tertiary/aromatic N) is 3. The molecule has 1 aromatic carbocycles. The molecule has 0 unspecified atom stereocenters. The Bertz CT molecular complexity index is 1910. The molecule has 2 saturated carbocycles. The molecule has 53 heavy (non-hydrogen) atoms. The second-order valence-electron chi connectivity index (χ2n) is 15.0. The van der Waals surface area contributed by atoms with Crippen molar-refractivity contribution in [3.63, 3.8) is 0 Å². The number of pyridine rings is 1. The molecule has 6 rings (SSSR count). The number of sulfonamides is 1. The molecule has 1 saturated heterocycles. The average molecular weight is 755 g/mol. The number of benzene rings is 1. The van der Waals surface area contributed by atoms with Crippen LogP contribution in [0.2, 0.25) is 0 Å². The third-order valence-corrected chi connectivity index (χ3v) is 11.5. The minimum atomic E-state index is -3.93. The van der Waals surface area contributed by atoms with Crippen molar-refractivity contribution in [3.8, 4) is 5.88 Å². The van der Waals surface area contributed by atoms with E-state index in [1.165, 1.54) is 16.9 Å². The van der Waals surface area contributed by atoms with Gasteiger partial charge in [-0.05, 0) is 70.4 Å². The third kappa shape index (κ3) is 8.66. The van der Waals surface area contributed by atoms with Crippen LogP contribution in [0.15, 0.2) is 48.7 Å². The van der Waals surface area contributed by atoms with E-state index < -0.39 is 80.4 Å². The Kier molecular flexibility index (Phi) is 10.6. The Morgan fingerprint density at radius 1 is 1.08 bits per heavy atom. The van der Waals surface area contributed by atoms with Crippen LogP contribution < -0.4 is 20.1 Å². The number of hydrogen-bond donors (Lipinski definition) is 3. The number of methoxy groups -OCH3 is 1. The third-order valence-electron chi connectivity index (χ3n) is 9.72. The fraction of sp³-hybridized carbons (Fsp3) is 0.556. The van der Waals surface area contributed by atoms with Crippen molar-refractivity contribution in [3.05, 3.63) is 48.7 Å². The zero-order valence-corrected chi connectivity index (χ0v) is 31.0. The van der Waals surface area contributed by atoms with Crippen molar-refractivity contribution in [2.75, 3.05) is 26.7 Å². The Morgan fingerprint density at radius 2 is 1.83 bits per heavy atom. The van der Waals surface area contributed by atoms with Crippen molar-refractivity contribution >= 4 is 50.7 Å². The maximum absolute atomic E-state index is 14.6. The van der Waals surface area contributed by atoms with Gasteiger partial charge in [-0.15, -0.1) is 0 Å². The van der Waals surface area contributed by atoms with Crippen LogP contribution in [0.5, 0.6) is 5.88 Å². The van der Waals surface area contributed by atoms with E-state index in [-0.39, 0.29) is 38.4 Å². The minimum Gasteiger partial charge on any atom is -0.472 e. The first-order valence-electron chi connectivity index (χ1n) is 17.8. The van der Waals surface area contributed by atoms with Crippen molar-refractivity contribution in [2.45, 2.75) is 93.9 Å². The van der Waals surface area contributed by atoms with Crippen LogP contribution in [0.3, 0.4) is 0 Å². The number of nitrogens with one attached hydrogen (secondary N) is 3. The first-order chi connectivity index (χ1) is 25.1. The largest absolute Gasteiger partial charge is 0.472 e. The van der Waals surface area contributed by atoms with Crippen LogP contribution in [-0.2, 0) is 33.9 Å². The summed E-state index contributed by atoms with van der Waals surface area (Å²) in [4.78, 5) is 75.7. The first-order valence-corrected chi connectivity index (χ1v) is 19.3. The summed E-state index contributed by atoms with van der Waals surface area (Å²) in [6, 6.07) is 6.66. The molecule has 16 nitrogen and oxygen atoms in total. The molecule has 17 heteroatoms. The molecule has 2 aliphatic carbocycles. The van der Waals surface area contributed by atoms with E-state index in [9.17, 15) is 32.4 Å². The van der Waals surface area contributed by atoms with E-state index in [4.69, 9.17) is 14.2 Å². The number of ether oxygens (including phenoxy) is 3. The number of hydrogen-bond acceptors (Lipinski definition) is 11. The summed E-state index contributed by atoms with van der Waals surface area (Å²) in [5.74, 6) is -2.50. The van der Waals surface area contributed by atoms with Crippen LogP contribution in [0.25, 0.3) is 10.8 Å². The second kappa shape index (κ2) is 14.8. The van der Waals surface area contributed by atoms with Crippen LogP contribution in [0.4, 0.5) is 9.59 Å². The van der Waals surface area contributed by atoms with Crippen molar-refractivity contribution in [2.24, 2.45) is 5.92 Å². The SMILES string of the molecule is COC(=O)N1CCCC=C[C@@H]2C[C@@]2(C(=O)NS(=O)(=O)C2CC2)NC(=O)[C@@H]2C[C@@H](Oc3nccc4ccccc34)CN2C(=O)[C@@H](NC(=O)OC(C)(C)C)C1. The highest BCUT2D eigenvalue weighted by atomic mass is 32.2. The lowest BCUT2D eigenvalue weighted by molar-refractivity contribution is -0.141. The van der Waals surface area contributed by atoms with Gasteiger partial charge in [0.15, 0.2) is 0 Å². The molecule has 2 aliphatic heterocycles. The number of carbonyl (C=O) groups excluding carboxylic acids is 5. The van der Waals surface area contributed by atoms with Gasteiger partial charge in [-0.2, -0.15) is 0 Å². The van der Waals surface area contributed by atoms with E-state index in [1.807, 2.05) is 30.3 Å². The smallest absolute Gasteiger partial charge is 0.409 e. The van der Waals surface area contributed by atoms with Gasteiger partial charge in [0.2, 0.25) is 27.7 Å². The fourth-order valence-electron chi connectivity index (χ4n) is 6.79. The lowest BCUT2D eigenvalue weighted by Crippen LogP contribution is -2.60. The molecule has 3 fully saturated rings. The average Bonchev–Trinajstić information content (AvgIpc) is 4.02. The molecule has 3 N–H and O–H groups in total. The van der Waals surface area contributed by atoms with E-state index in [2.05, 4.69) is 20.3 Å². The summed E-state index contributed by atoms with van der Waals surface area (Å²) in [6.45, 7) is 4.71. The number of carbonyl (C=O) groups is 5. The molecule has 5 atom stereocenters. The maximum atomic E-state index is 14.6. The summed E-state index contributed by atoms with van der Waals surface area (Å²) in [5, 5.41) is 6.34. The van der Waals surface area contributed by atoms with E-state index in [1.54, 1.807) is 39.1 Å². The number of aromatic nitrogens is 1. The number of fused-ring (bicyclic) bond motifs is 3. The predicted molar refractivity (Wildman–Crippen MR) is 191 cm³/mol. The standard InChI is InChI=1S/C36H46N6O10S/c1-35(2,3)52-33(46)38-27-21-41(34(47)50-4)17-9-5-6-11-23-19-36(23,32(45)40-53(48,49)25-13-14-25)39-29(43)28-18-24(20-42(28)31(27)44)51-30-26-12-8-7-10-22(26)15-16-37-30/h6-8,10-12,15-16,23-25,27-28H,5,9,13-14,17-21H2,1-4H3,(H,38,46)(H,39,43)(H,40,45)/t23-,24-,27+,28+,36-/m1/s1. The van der Waals surface area contributed by atoms with Gasteiger partial charge in [0, 0.05) is 30.5 Å². The van der Waals surface area contributed by atoms with Crippen molar-refractivity contribution in [1.82, 2.24) is 30.1 Å². The van der Waals surface area contributed by atoms with Gasteiger partial charge in [-0.25, -0.2) is 23.0 Å². The van der Waals surface area contributed by atoms with E-state index in [0.717, 1.165) is 5.39 Å². The van der Waals surface area contributed by atoms with Crippen LogP contribution in [0, 0.1) is 5.92 Å². The Labute approximate surface area is 308 Å². The van der Waals surface area contributed by atoms with Crippen molar-refractivity contribution in [1.29, 1.82) is 0 Å². The van der Waals surface area contributed by atoms with Gasteiger partial charge in [0.05, 0.1) is 25.4 Å². The summed E-state index contributed by atoms with van der Waals surface area (Å²) >= 11 is 0. The molecule has 286 valence electrons. The van der Waals surface area contributed by atoms with E-state index in [0.29, 0.717) is 31.1 Å². The molecular formula is C36H46N6O10S. The number of alkyl carbamates (subject to hydrolysis) is 1. The molecule has 0 bridgehead atoms. The Balaban J connectivity index is 1.35. The summed E-state index contributed by atoms with van der Waals surface area (Å²) in [6.07, 6.45) is 4.62.